The van der Waals surface area contributed by atoms with Gasteiger partial charge >= 0.3 is 0 Å². The first kappa shape index (κ1) is 26.9. The molecule has 0 aliphatic carbocycles. The summed E-state index contributed by atoms with van der Waals surface area (Å²) < 4.78 is 2.23. The Labute approximate surface area is 258 Å². The topological polar surface area (TPSA) is 76.2 Å². The van der Waals surface area contributed by atoms with Crippen molar-refractivity contribution in [3.63, 3.8) is 0 Å². The normalized spacial score (nSPS) is 16.4. The van der Waals surface area contributed by atoms with Crippen LogP contribution in [0.4, 0.5) is 11.4 Å². The third-order valence-corrected chi connectivity index (χ3v) is 8.92. The number of nitro benzene ring substituents is 1. The fourth-order valence-electron chi connectivity index (χ4n) is 5.58. The second-order valence-electron chi connectivity index (χ2n) is 10.2. The summed E-state index contributed by atoms with van der Waals surface area (Å²) in [5.74, 6) is 0. The number of hydrogen-bond donors (Lipinski definition) is 1. The van der Waals surface area contributed by atoms with Gasteiger partial charge in [-0.1, -0.05) is 48.2 Å². The van der Waals surface area contributed by atoms with Gasteiger partial charge in [0.1, 0.15) is 6.04 Å². The highest BCUT2D eigenvalue weighted by atomic mass is 32.2. The van der Waals surface area contributed by atoms with Crippen LogP contribution in [0.15, 0.2) is 144 Å². The highest BCUT2D eigenvalue weighted by Gasteiger charge is 2.42. The molecular formula is C34H25N5O2S2. The summed E-state index contributed by atoms with van der Waals surface area (Å²) >= 11 is 7.52. The minimum Gasteiger partial charge on any atom is -0.351 e. The van der Waals surface area contributed by atoms with E-state index in [1.165, 1.54) is 22.9 Å². The molecule has 6 aromatic rings. The van der Waals surface area contributed by atoms with Crippen LogP contribution in [0.5, 0.6) is 0 Å². The Morgan fingerprint density at radius 3 is 2.21 bits per heavy atom. The van der Waals surface area contributed by atoms with Crippen LogP contribution < -0.4 is 10.2 Å². The lowest BCUT2D eigenvalue weighted by Crippen LogP contribution is -2.30. The summed E-state index contributed by atoms with van der Waals surface area (Å²) in [5.41, 5.74) is 4.11. The monoisotopic (exact) mass is 599 g/mol. The molecule has 7 rings (SSSR count). The molecule has 0 spiro atoms. The van der Waals surface area contributed by atoms with E-state index in [1.54, 1.807) is 23.9 Å². The van der Waals surface area contributed by atoms with Gasteiger partial charge in [-0.05, 0) is 95.8 Å². The Morgan fingerprint density at radius 1 is 0.791 bits per heavy atom. The average Bonchev–Trinajstić information content (AvgIpc) is 3.66. The number of hydrogen-bond acceptors (Lipinski definition) is 5. The summed E-state index contributed by atoms with van der Waals surface area (Å²) in [7, 11) is 0. The fourth-order valence-corrected chi connectivity index (χ4v) is 6.74. The lowest BCUT2D eigenvalue weighted by molar-refractivity contribution is -0.384. The van der Waals surface area contributed by atoms with Crippen molar-refractivity contribution >= 4 is 51.2 Å². The van der Waals surface area contributed by atoms with Gasteiger partial charge < -0.3 is 14.8 Å². The third-order valence-electron chi connectivity index (χ3n) is 7.59. The molecule has 1 saturated heterocycles. The number of nitrogens with zero attached hydrogens (tertiary/aromatic N) is 4. The summed E-state index contributed by atoms with van der Waals surface area (Å²) in [6, 6.07) is 39.6. The lowest BCUT2D eigenvalue weighted by atomic mass is 10.0. The quantitative estimate of drug-likeness (QED) is 0.112. The van der Waals surface area contributed by atoms with E-state index in [-0.39, 0.29) is 22.7 Å². The second-order valence-corrected chi connectivity index (χ2v) is 11.7. The number of aromatic nitrogens is 2. The third kappa shape index (κ3) is 5.24. The lowest BCUT2D eigenvalue weighted by Gasteiger charge is -2.29. The van der Waals surface area contributed by atoms with Gasteiger partial charge in [0, 0.05) is 51.4 Å². The zero-order valence-electron chi connectivity index (χ0n) is 22.8. The SMILES string of the molecule is O=[N+]([O-])c1ccc(Sc2ccc(N3C(=S)N[C@@H](c4ccccn4)[C@@H]3c3cccn3-c3ccc4ccccc4c3)cc2)cc1. The number of nitro groups is 1. The van der Waals surface area contributed by atoms with Crippen molar-refractivity contribution in [1.82, 2.24) is 14.9 Å². The van der Waals surface area contributed by atoms with Gasteiger partial charge in [0.2, 0.25) is 0 Å². The Hall–Kier alpha value is -4.99. The summed E-state index contributed by atoms with van der Waals surface area (Å²) in [6.07, 6.45) is 3.91. The van der Waals surface area contributed by atoms with Crippen LogP contribution in [0.2, 0.25) is 0 Å². The van der Waals surface area contributed by atoms with E-state index in [2.05, 4.69) is 99.8 Å². The van der Waals surface area contributed by atoms with Crippen LogP contribution in [0, 0.1) is 10.1 Å². The molecule has 7 nitrogen and oxygen atoms in total. The molecule has 4 aromatic carbocycles. The Kier molecular flexibility index (Phi) is 7.10. The number of fused-ring (bicyclic) bond motifs is 1. The van der Waals surface area contributed by atoms with Crippen LogP contribution in [0.3, 0.4) is 0 Å². The van der Waals surface area contributed by atoms with Gasteiger partial charge in [-0.2, -0.15) is 0 Å². The van der Waals surface area contributed by atoms with Crippen molar-refractivity contribution in [3.8, 4) is 5.69 Å². The standard InChI is InChI=1S/C34H25N5O2S2/c40-39(41)26-14-18-29(19-15-26)43-28-16-12-25(13-17-28)38-33(32(36-34(38)42)30-8-3-4-20-35-30)31-9-5-21-37(31)27-11-10-23-6-1-2-7-24(23)22-27/h1-22,32-33H,(H,36,42)/t32-,33-/m0/s1. The summed E-state index contributed by atoms with van der Waals surface area (Å²) in [6.45, 7) is 0. The number of nitrogens with one attached hydrogen (secondary N) is 1. The molecule has 0 bridgehead atoms. The maximum Gasteiger partial charge on any atom is 0.269 e. The predicted molar refractivity (Wildman–Crippen MR) is 175 cm³/mol. The number of non-ortho nitro benzene ring substituents is 1. The number of rotatable bonds is 7. The molecule has 2 aromatic heterocycles. The predicted octanol–water partition coefficient (Wildman–Crippen LogP) is 8.26. The van der Waals surface area contributed by atoms with Crippen molar-refractivity contribution in [2.75, 3.05) is 4.90 Å². The summed E-state index contributed by atoms with van der Waals surface area (Å²) in [5, 5.41) is 17.6. The molecule has 1 aliphatic heterocycles. The highest BCUT2D eigenvalue weighted by Crippen LogP contribution is 2.43. The maximum atomic E-state index is 11.0. The zero-order valence-corrected chi connectivity index (χ0v) is 24.4. The number of benzene rings is 4. The number of pyridine rings is 1. The molecule has 43 heavy (non-hydrogen) atoms. The molecule has 0 saturated carbocycles. The van der Waals surface area contributed by atoms with Crippen LogP contribution in [0.25, 0.3) is 16.5 Å². The van der Waals surface area contributed by atoms with E-state index in [9.17, 15) is 10.1 Å². The largest absolute Gasteiger partial charge is 0.351 e. The van der Waals surface area contributed by atoms with Crippen LogP contribution in [-0.4, -0.2) is 19.6 Å². The first-order valence-electron chi connectivity index (χ1n) is 13.7. The molecule has 3 heterocycles. The van der Waals surface area contributed by atoms with Crippen LogP contribution >= 0.6 is 24.0 Å². The molecule has 210 valence electrons. The van der Waals surface area contributed by atoms with E-state index >= 15 is 0 Å². The fraction of sp³-hybridized carbons (Fsp3) is 0.0588. The minimum atomic E-state index is -0.388. The van der Waals surface area contributed by atoms with Gasteiger partial charge in [-0.15, -0.1) is 0 Å². The van der Waals surface area contributed by atoms with E-state index in [0.717, 1.165) is 32.6 Å². The van der Waals surface area contributed by atoms with E-state index in [0.29, 0.717) is 5.11 Å². The van der Waals surface area contributed by atoms with E-state index in [4.69, 9.17) is 17.2 Å². The Bertz CT molecular complexity index is 1940. The van der Waals surface area contributed by atoms with Gasteiger partial charge in [-0.3, -0.25) is 15.1 Å². The van der Waals surface area contributed by atoms with Gasteiger partial charge in [0.05, 0.1) is 16.7 Å². The molecule has 0 unspecified atom stereocenters. The first-order chi connectivity index (χ1) is 21.0. The van der Waals surface area contributed by atoms with Crippen LogP contribution in [-0.2, 0) is 0 Å². The molecule has 1 aliphatic rings. The molecule has 0 amide bonds. The molecule has 0 radical (unpaired) electrons. The van der Waals surface area contributed by atoms with Crippen molar-refractivity contribution in [3.05, 3.63) is 155 Å². The highest BCUT2D eigenvalue weighted by molar-refractivity contribution is 7.99. The van der Waals surface area contributed by atoms with Crippen LogP contribution in [0.1, 0.15) is 23.5 Å². The molecule has 1 N–H and O–H groups in total. The first-order valence-corrected chi connectivity index (χ1v) is 15.0. The molecule has 2 atom stereocenters. The molecular weight excluding hydrogens is 575 g/mol. The van der Waals surface area contributed by atoms with Gasteiger partial charge in [0.25, 0.3) is 5.69 Å². The van der Waals surface area contributed by atoms with Crippen molar-refractivity contribution in [2.45, 2.75) is 21.9 Å². The maximum absolute atomic E-state index is 11.0. The van der Waals surface area contributed by atoms with Gasteiger partial charge in [-0.25, -0.2) is 0 Å². The Balaban J connectivity index is 1.25. The number of anilines is 1. The van der Waals surface area contributed by atoms with Crippen molar-refractivity contribution in [2.24, 2.45) is 0 Å². The average molecular weight is 600 g/mol. The van der Waals surface area contributed by atoms with Crippen molar-refractivity contribution in [1.29, 1.82) is 0 Å². The minimum absolute atomic E-state index is 0.0803. The van der Waals surface area contributed by atoms with Crippen molar-refractivity contribution < 1.29 is 4.92 Å². The zero-order chi connectivity index (χ0) is 29.3. The Morgan fingerprint density at radius 2 is 1.49 bits per heavy atom. The van der Waals surface area contributed by atoms with E-state index < -0.39 is 0 Å². The molecule has 1 fully saturated rings. The molecule has 9 heteroatoms. The summed E-state index contributed by atoms with van der Waals surface area (Å²) in [4.78, 5) is 19.4. The van der Waals surface area contributed by atoms with Gasteiger partial charge in [0.15, 0.2) is 5.11 Å². The smallest absolute Gasteiger partial charge is 0.269 e. The van der Waals surface area contributed by atoms with E-state index in [1.807, 2.05) is 24.4 Å². The second kappa shape index (κ2) is 11.4. The number of thiocarbonyl (C=S) groups is 1.